The molecule has 0 bridgehead atoms. The van der Waals surface area contributed by atoms with E-state index in [1.807, 2.05) is 43.3 Å². The molecule has 0 aliphatic carbocycles. The fourth-order valence-corrected chi connectivity index (χ4v) is 3.31. The van der Waals surface area contributed by atoms with Gasteiger partial charge < -0.3 is 19.0 Å². The van der Waals surface area contributed by atoms with Gasteiger partial charge >= 0.3 is 0 Å². The van der Waals surface area contributed by atoms with Crippen molar-refractivity contribution in [1.29, 1.82) is 0 Å². The highest BCUT2D eigenvalue weighted by molar-refractivity contribution is 5.94. The molecule has 31 heavy (non-hydrogen) atoms. The maximum absolute atomic E-state index is 11.4. The van der Waals surface area contributed by atoms with Crippen molar-refractivity contribution in [3.63, 3.8) is 0 Å². The first-order valence-electron chi connectivity index (χ1n) is 10.4. The number of aliphatic hydroxyl groups excluding tert-OH is 1. The lowest BCUT2D eigenvalue weighted by molar-refractivity contribution is 0.0601. The van der Waals surface area contributed by atoms with Crippen LogP contribution in [0, 0.1) is 0 Å². The first-order valence-corrected chi connectivity index (χ1v) is 10.4. The summed E-state index contributed by atoms with van der Waals surface area (Å²) in [6, 6.07) is 18.6. The molecule has 6 heteroatoms. The highest BCUT2D eigenvalue weighted by Crippen LogP contribution is 2.21. The van der Waals surface area contributed by atoms with Crippen molar-refractivity contribution in [1.82, 2.24) is 4.90 Å². The van der Waals surface area contributed by atoms with E-state index < -0.39 is 6.10 Å². The average Bonchev–Trinajstić information content (AvgIpc) is 3.27. The van der Waals surface area contributed by atoms with Crippen LogP contribution in [0.5, 0.6) is 11.5 Å². The Kier molecular flexibility index (Phi) is 8.27. The summed E-state index contributed by atoms with van der Waals surface area (Å²) in [5.41, 5.74) is 1.68. The SMILES string of the molecule is CCOc1ccccc1CN(Cc1ccco1)CC(O)COc1ccc(C(C)=O)cc1. The first-order chi connectivity index (χ1) is 15.0. The Bertz CT molecular complexity index is 937. The predicted octanol–water partition coefficient (Wildman–Crippen LogP) is 4.32. The molecule has 3 aromatic rings. The van der Waals surface area contributed by atoms with Crippen molar-refractivity contribution in [3.8, 4) is 11.5 Å². The second kappa shape index (κ2) is 11.3. The Hall–Kier alpha value is -3.09. The molecule has 1 unspecified atom stereocenters. The first kappa shape index (κ1) is 22.6. The molecule has 1 N–H and O–H groups in total. The number of ether oxygens (including phenoxy) is 2. The minimum Gasteiger partial charge on any atom is -0.494 e. The molecule has 0 fully saturated rings. The Morgan fingerprint density at radius 2 is 1.81 bits per heavy atom. The van der Waals surface area contributed by atoms with Crippen molar-refractivity contribution >= 4 is 5.78 Å². The third kappa shape index (κ3) is 6.98. The lowest BCUT2D eigenvalue weighted by atomic mass is 10.1. The minimum atomic E-state index is -0.707. The van der Waals surface area contributed by atoms with Crippen LogP contribution in [0.3, 0.4) is 0 Å². The number of benzene rings is 2. The Balaban J connectivity index is 1.63. The summed E-state index contributed by atoms with van der Waals surface area (Å²) in [5.74, 6) is 2.28. The number of hydrogen-bond acceptors (Lipinski definition) is 6. The molecule has 0 amide bonds. The van der Waals surface area contributed by atoms with E-state index in [0.717, 1.165) is 17.1 Å². The second-order valence-corrected chi connectivity index (χ2v) is 7.34. The molecule has 0 aliphatic rings. The maximum Gasteiger partial charge on any atom is 0.159 e. The van der Waals surface area contributed by atoms with Crippen LogP contribution in [0.2, 0.25) is 0 Å². The average molecular weight is 424 g/mol. The normalized spacial score (nSPS) is 12.0. The molecule has 0 aliphatic heterocycles. The predicted molar refractivity (Wildman–Crippen MR) is 118 cm³/mol. The molecule has 1 aromatic heterocycles. The number of para-hydroxylation sites is 1. The van der Waals surface area contributed by atoms with Crippen LogP contribution in [0.25, 0.3) is 0 Å². The highest BCUT2D eigenvalue weighted by atomic mass is 16.5. The van der Waals surface area contributed by atoms with Crippen LogP contribution in [-0.4, -0.2) is 41.7 Å². The van der Waals surface area contributed by atoms with Gasteiger partial charge in [0.1, 0.15) is 30.0 Å². The molecule has 0 saturated carbocycles. The van der Waals surface area contributed by atoms with Crippen LogP contribution in [0.15, 0.2) is 71.3 Å². The number of furan rings is 1. The van der Waals surface area contributed by atoms with Crippen LogP contribution in [0.4, 0.5) is 0 Å². The van der Waals surface area contributed by atoms with Crippen molar-refractivity contribution < 1.29 is 23.8 Å². The van der Waals surface area contributed by atoms with E-state index in [1.165, 1.54) is 6.92 Å². The number of nitrogens with zero attached hydrogens (tertiary/aromatic N) is 1. The monoisotopic (exact) mass is 423 g/mol. The molecule has 164 valence electrons. The number of carbonyl (C=O) groups excluding carboxylic acids is 1. The minimum absolute atomic E-state index is 0.00693. The molecule has 0 radical (unpaired) electrons. The van der Waals surface area contributed by atoms with Crippen LogP contribution in [0.1, 0.15) is 35.5 Å². The third-order valence-electron chi connectivity index (χ3n) is 4.80. The topological polar surface area (TPSA) is 72.1 Å². The van der Waals surface area contributed by atoms with Gasteiger partial charge in [0.2, 0.25) is 0 Å². The zero-order chi connectivity index (χ0) is 22.1. The van der Waals surface area contributed by atoms with Gasteiger partial charge in [0.25, 0.3) is 0 Å². The largest absolute Gasteiger partial charge is 0.494 e. The molecule has 3 rings (SSSR count). The zero-order valence-electron chi connectivity index (χ0n) is 18.0. The second-order valence-electron chi connectivity index (χ2n) is 7.34. The lowest BCUT2D eigenvalue weighted by Gasteiger charge is -2.25. The zero-order valence-corrected chi connectivity index (χ0v) is 18.0. The van der Waals surface area contributed by atoms with E-state index in [-0.39, 0.29) is 12.4 Å². The number of carbonyl (C=O) groups is 1. The summed E-state index contributed by atoms with van der Waals surface area (Å²) >= 11 is 0. The number of ketones is 1. The van der Waals surface area contributed by atoms with Crippen LogP contribution >= 0.6 is 0 Å². The molecule has 2 aromatic carbocycles. The van der Waals surface area contributed by atoms with E-state index in [4.69, 9.17) is 13.9 Å². The van der Waals surface area contributed by atoms with Gasteiger partial charge in [-0.3, -0.25) is 9.69 Å². The van der Waals surface area contributed by atoms with Gasteiger partial charge in [-0.25, -0.2) is 0 Å². The fraction of sp³-hybridized carbons (Fsp3) is 0.320. The molecule has 6 nitrogen and oxygen atoms in total. The van der Waals surface area contributed by atoms with E-state index in [9.17, 15) is 9.90 Å². The summed E-state index contributed by atoms with van der Waals surface area (Å²) < 4.78 is 17.0. The van der Waals surface area contributed by atoms with Gasteiger partial charge in [0.15, 0.2) is 5.78 Å². The summed E-state index contributed by atoms with van der Waals surface area (Å²) in [7, 11) is 0. The van der Waals surface area contributed by atoms with Gasteiger partial charge in [-0.05, 0) is 56.3 Å². The van der Waals surface area contributed by atoms with Crippen molar-refractivity contribution in [2.45, 2.75) is 33.0 Å². The van der Waals surface area contributed by atoms with Crippen molar-refractivity contribution in [2.24, 2.45) is 0 Å². The summed E-state index contributed by atoms with van der Waals surface area (Å²) in [6.45, 7) is 5.76. The number of rotatable bonds is 12. The van der Waals surface area contributed by atoms with E-state index >= 15 is 0 Å². The number of aliphatic hydroxyl groups is 1. The Labute approximate surface area is 183 Å². The quantitative estimate of drug-likeness (QED) is 0.438. The Morgan fingerprint density at radius 1 is 1.03 bits per heavy atom. The number of hydrogen-bond donors (Lipinski definition) is 1. The molecule has 0 saturated heterocycles. The van der Waals surface area contributed by atoms with Gasteiger partial charge in [0.05, 0.1) is 19.4 Å². The fourth-order valence-electron chi connectivity index (χ4n) is 3.31. The van der Waals surface area contributed by atoms with Crippen LogP contribution < -0.4 is 9.47 Å². The molecular weight excluding hydrogens is 394 g/mol. The van der Waals surface area contributed by atoms with Crippen molar-refractivity contribution in [2.75, 3.05) is 19.8 Å². The smallest absolute Gasteiger partial charge is 0.159 e. The van der Waals surface area contributed by atoms with E-state index in [2.05, 4.69) is 4.90 Å². The maximum atomic E-state index is 11.4. The summed E-state index contributed by atoms with van der Waals surface area (Å²) in [6.07, 6.45) is 0.938. The van der Waals surface area contributed by atoms with E-state index in [0.29, 0.717) is 37.6 Å². The summed E-state index contributed by atoms with van der Waals surface area (Å²) in [5, 5.41) is 10.6. The number of Topliss-reactive ketones (excluding diaryl/α,β-unsaturated/α-hetero) is 1. The summed E-state index contributed by atoms with van der Waals surface area (Å²) in [4.78, 5) is 13.5. The molecule has 0 spiro atoms. The van der Waals surface area contributed by atoms with Gasteiger partial charge in [0, 0.05) is 24.2 Å². The van der Waals surface area contributed by atoms with Crippen LogP contribution in [-0.2, 0) is 13.1 Å². The van der Waals surface area contributed by atoms with Crippen molar-refractivity contribution in [3.05, 3.63) is 83.8 Å². The van der Waals surface area contributed by atoms with Gasteiger partial charge in [-0.1, -0.05) is 18.2 Å². The molecule has 1 heterocycles. The van der Waals surface area contributed by atoms with E-state index in [1.54, 1.807) is 30.5 Å². The Morgan fingerprint density at radius 3 is 2.48 bits per heavy atom. The third-order valence-corrected chi connectivity index (χ3v) is 4.80. The molecular formula is C25H29NO5. The van der Waals surface area contributed by atoms with Gasteiger partial charge in [-0.2, -0.15) is 0 Å². The standard InChI is InChI=1S/C25H29NO5/c1-3-29-25-9-5-4-7-21(25)15-26(17-24-8-6-14-30-24)16-22(28)18-31-23-12-10-20(11-13-23)19(2)27/h4-14,22,28H,3,15-18H2,1-2H3. The highest BCUT2D eigenvalue weighted by Gasteiger charge is 2.17. The van der Waals surface area contributed by atoms with Gasteiger partial charge in [-0.15, -0.1) is 0 Å². The lowest BCUT2D eigenvalue weighted by Crippen LogP contribution is -2.35. The molecule has 1 atom stereocenters.